The molecular weight excluding hydrogens is 368 g/mol. The Hall–Kier alpha value is -2.92. The minimum absolute atomic E-state index is 0.000233. The van der Waals surface area contributed by atoms with Crippen molar-refractivity contribution in [1.29, 1.82) is 0 Å². The average Bonchev–Trinajstić information content (AvgIpc) is 3.23. The molecule has 1 aliphatic rings. The summed E-state index contributed by atoms with van der Waals surface area (Å²) in [4.78, 5) is 30.2. The highest BCUT2D eigenvalue weighted by atomic mass is 32.1. The lowest BCUT2D eigenvalue weighted by atomic mass is 9.90. The van der Waals surface area contributed by atoms with E-state index in [4.69, 9.17) is 0 Å². The highest BCUT2D eigenvalue weighted by Gasteiger charge is 2.38. The Morgan fingerprint density at radius 1 is 1.00 bits per heavy atom. The molecule has 1 aromatic heterocycles. The Bertz CT molecular complexity index is 985. The van der Waals surface area contributed by atoms with Gasteiger partial charge in [0.05, 0.1) is 10.9 Å². The molecule has 0 N–H and O–H groups in total. The maximum atomic E-state index is 13.5. The number of amides is 2. The van der Waals surface area contributed by atoms with Gasteiger partial charge >= 0.3 is 0 Å². The first-order valence-corrected chi connectivity index (χ1v) is 10.3. The van der Waals surface area contributed by atoms with Gasteiger partial charge in [0.2, 0.25) is 5.91 Å². The smallest absolute Gasteiger partial charge is 0.268 e. The third-order valence-corrected chi connectivity index (χ3v) is 6.05. The van der Waals surface area contributed by atoms with Crippen LogP contribution in [-0.4, -0.2) is 17.9 Å². The second-order valence-corrected chi connectivity index (χ2v) is 7.98. The van der Waals surface area contributed by atoms with Crippen LogP contribution in [0.3, 0.4) is 0 Å². The summed E-state index contributed by atoms with van der Waals surface area (Å²) in [6.07, 6.45) is 0.683. The molecule has 1 aliphatic heterocycles. The first-order chi connectivity index (χ1) is 13.6. The fourth-order valence-corrected chi connectivity index (χ4v) is 4.71. The number of hydrogen-bond acceptors (Lipinski definition) is 3. The number of carbonyl (C=O) groups excluding carboxylic acids is 2. The molecule has 0 aliphatic carbocycles. The highest BCUT2D eigenvalue weighted by molar-refractivity contribution is 7.12. The van der Waals surface area contributed by atoms with Gasteiger partial charge in [0.1, 0.15) is 0 Å². The van der Waals surface area contributed by atoms with Crippen molar-refractivity contribution < 1.29 is 9.59 Å². The number of fused-ring (bicyclic) bond motifs is 1. The number of nitrogens with zero attached hydrogens (tertiary/aromatic N) is 2. The zero-order valence-corrected chi connectivity index (χ0v) is 16.7. The standard InChI is InChI=1S/C23H22N2O2S/c1-16-15-21(19-11-6-7-12-20(19)24(16)17(2)26)25(18-9-4-3-5-10-18)23(27)22-13-8-14-28-22/h3-14,16,21H,15H2,1-2H3/t16-,21+/m1/s1. The molecule has 0 unspecified atom stereocenters. The van der Waals surface area contributed by atoms with Crippen molar-refractivity contribution in [2.45, 2.75) is 32.4 Å². The van der Waals surface area contributed by atoms with Gasteiger partial charge in [-0.15, -0.1) is 11.3 Å². The number of carbonyl (C=O) groups is 2. The summed E-state index contributed by atoms with van der Waals surface area (Å²) in [6, 6.07) is 21.3. The van der Waals surface area contributed by atoms with Crippen LogP contribution in [0.2, 0.25) is 0 Å². The van der Waals surface area contributed by atoms with Gasteiger partial charge in [-0.3, -0.25) is 9.59 Å². The Morgan fingerprint density at radius 3 is 2.39 bits per heavy atom. The van der Waals surface area contributed by atoms with Crippen molar-refractivity contribution in [2.24, 2.45) is 0 Å². The molecule has 2 amide bonds. The van der Waals surface area contributed by atoms with E-state index in [-0.39, 0.29) is 23.9 Å². The molecule has 2 heterocycles. The highest BCUT2D eigenvalue weighted by Crippen LogP contribution is 2.42. The molecule has 0 bridgehead atoms. The lowest BCUT2D eigenvalue weighted by Crippen LogP contribution is -2.47. The monoisotopic (exact) mass is 390 g/mol. The van der Waals surface area contributed by atoms with Crippen molar-refractivity contribution in [3.63, 3.8) is 0 Å². The lowest BCUT2D eigenvalue weighted by Gasteiger charge is -2.43. The number of rotatable bonds is 3. The van der Waals surface area contributed by atoms with Crippen LogP contribution in [0.5, 0.6) is 0 Å². The van der Waals surface area contributed by atoms with Crippen LogP contribution in [0.25, 0.3) is 0 Å². The van der Waals surface area contributed by atoms with Gasteiger partial charge in [0, 0.05) is 24.3 Å². The van der Waals surface area contributed by atoms with Gasteiger partial charge in [-0.25, -0.2) is 0 Å². The Balaban J connectivity index is 1.85. The van der Waals surface area contributed by atoms with Crippen LogP contribution in [0, 0.1) is 0 Å². The average molecular weight is 391 g/mol. The topological polar surface area (TPSA) is 40.6 Å². The summed E-state index contributed by atoms with van der Waals surface area (Å²) < 4.78 is 0. The van der Waals surface area contributed by atoms with E-state index >= 15 is 0 Å². The maximum absolute atomic E-state index is 13.5. The van der Waals surface area contributed by atoms with Crippen molar-refractivity contribution in [1.82, 2.24) is 0 Å². The van der Waals surface area contributed by atoms with Crippen LogP contribution in [0.4, 0.5) is 11.4 Å². The largest absolute Gasteiger partial charge is 0.309 e. The van der Waals surface area contributed by atoms with Crippen LogP contribution in [0.15, 0.2) is 72.1 Å². The third kappa shape index (κ3) is 3.22. The Morgan fingerprint density at radius 2 is 1.71 bits per heavy atom. The summed E-state index contributed by atoms with van der Waals surface area (Å²) in [5, 5.41) is 1.92. The first-order valence-electron chi connectivity index (χ1n) is 9.38. The molecule has 0 saturated heterocycles. The van der Waals surface area contributed by atoms with Crippen LogP contribution < -0.4 is 9.80 Å². The second-order valence-electron chi connectivity index (χ2n) is 7.04. The number of benzene rings is 2. The first kappa shape index (κ1) is 18.4. The van der Waals surface area contributed by atoms with Crippen molar-refractivity contribution in [3.05, 3.63) is 82.6 Å². The predicted octanol–water partition coefficient (Wildman–Crippen LogP) is 5.28. The van der Waals surface area contributed by atoms with E-state index in [1.807, 2.05) is 88.8 Å². The molecule has 28 heavy (non-hydrogen) atoms. The molecule has 0 fully saturated rings. The lowest BCUT2D eigenvalue weighted by molar-refractivity contribution is -0.117. The number of para-hydroxylation sites is 2. The van der Waals surface area contributed by atoms with Crippen LogP contribution in [-0.2, 0) is 4.79 Å². The fraction of sp³-hybridized carbons (Fsp3) is 0.217. The molecule has 4 nitrogen and oxygen atoms in total. The van der Waals surface area contributed by atoms with E-state index in [2.05, 4.69) is 0 Å². The maximum Gasteiger partial charge on any atom is 0.268 e. The van der Waals surface area contributed by atoms with E-state index in [0.29, 0.717) is 11.3 Å². The zero-order chi connectivity index (χ0) is 19.7. The second kappa shape index (κ2) is 7.60. The van der Waals surface area contributed by atoms with Gasteiger partial charge in [0.15, 0.2) is 0 Å². The SMILES string of the molecule is CC(=O)N1c2ccccc2[C@@H](N(C(=O)c2cccs2)c2ccccc2)C[C@H]1C. The molecule has 3 aromatic rings. The van der Waals surface area contributed by atoms with E-state index in [9.17, 15) is 9.59 Å². The van der Waals surface area contributed by atoms with Crippen LogP contribution in [0.1, 0.15) is 41.5 Å². The summed E-state index contributed by atoms with van der Waals surface area (Å²) >= 11 is 1.45. The Labute approximate surface area is 169 Å². The number of thiophene rings is 1. The van der Waals surface area contributed by atoms with Gasteiger partial charge in [-0.2, -0.15) is 0 Å². The zero-order valence-electron chi connectivity index (χ0n) is 15.9. The minimum atomic E-state index is -0.140. The molecule has 142 valence electrons. The quantitative estimate of drug-likeness (QED) is 0.610. The van der Waals surface area contributed by atoms with E-state index in [1.165, 1.54) is 11.3 Å². The molecule has 0 saturated carbocycles. The Kier molecular flexibility index (Phi) is 5.01. The normalized spacial score (nSPS) is 18.4. The predicted molar refractivity (Wildman–Crippen MR) is 114 cm³/mol. The van der Waals surface area contributed by atoms with Gasteiger partial charge in [-0.05, 0) is 48.6 Å². The molecule has 0 radical (unpaired) electrons. The van der Waals surface area contributed by atoms with Crippen molar-refractivity contribution in [2.75, 3.05) is 9.80 Å². The van der Waals surface area contributed by atoms with Crippen molar-refractivity contribution in [3.8, 4) is 0 Å². The fourth-order valence-electron chi connectivity index (χ4n) is 4.05. The molecule has 5 heteroatoms. The molecule has 2 aromatic carbocycles. The summed E-state index contributed by atoms with van der Waals surface area (Å²) in [7, 11) is 0. The number of hydrogen-bond donors (Lipinski definition) is 0. The molecule has 2 atom stereocenters. The third-order valence-electron chi connectivity index (χ3n) is 5.20. The van der Waals surface area contributed by atoms with Gasteiger partial charge < -0.3 is 9.80 Å². The minimum Gasteiger partial charge on any atom is -0.309 e. The molecule has 0 spiro atoms. The molecular formula is C23H22N2O2S. The molecule has 4 rings (SSSR count). The van der Waals surface area contributed by atoms with Crippen LogP contribution >= 0.6 is 11.3 Å². The summed E-state index contributed by atoms with van der Waals surface area (Å²) in [6.45, 7) is 3.64. The van der Waals surface area contributed by atoms with Gasteiger partial charge in [0.25, 0.3) is 5.91 Å². The van der Waals surface area contributed by atoms with Crippen molar-refractivity contribution >= 4 is 34.5 Å². The van der Waals surface area contributed by atoms with E-state index < -0.39 is 0 Å². The van der Waals surface area contributed by atoms with Gasteiger partial charge in [-0.1, -0.05) is 42.5 Å². The van der Waals surface area contributed by atoms with E-state index in [1.54, 1.807) is 6.92 Å². The number of anilines is 2. The van der Waals surface area contributed by atoms with E-state index in [0.717, 1.165) is 16.9 Å². The summed E-state index contributed by atoms with van der Waals surface area (Å²) in [5.41, 5.74) is 2.76. The summed E-state index contributed by atoms with van der Waals surface area (Å²) in [5.74, 6) is 0.0127.